The van der Waals surface area contributed by atoms with E-state index >= 15 is 0 Å². The van der Waals surface area contributed by atoms with Crippen molar-refractivity contribution in [2.45, 2.75) is 19.4 Å². The van der Waals surface area contributed by atoms with Crippen LogP contribution in [0.4, 0.5) is 0 Å². The van der Waals surface area contributed by atoms with Gasteiger partial charge in [-0.15, -0.1) is 12.4 Å². The lowest BCUT2D eigenvalue weighted by atomic mass is 10.1. The van der Waals surface area contributed by atoms with Crippen LogP contribution < -0.4 is 10.1 Å². The van der Waals surface area contributed by atoms with Crippen molar-refractivity contribution in [2.24, 2.45) is 5.92 Å². The van der Waals surface area contributed by atoms with E-state index in [1.54, 1.807) is 0 Å². The van der Waals surface area contributed by atoms with E-state index in [2.05, 4.69) is 15.5 Å². The Morgan fingerprint density at radius 2 is 1.88 bits per heavy atom. The number of nitrogens with zero attached hydrogens (tertiary/aromatic N) is 2. The summed E-state index contributed by atoms with van der Waals surface area (Å²) in [5, 5.41) is 7.52. The molecule has 2 heterocycles. The molecule has 26 heavy (non-hydrogen) atoms. The van der Waals surface area contributed by atoms with Gasteiger partial charge < -0.3 is 14.6 Å². The van der Waals surface area contributed by atoms with Gasteiger partial charge in [-0.25, -0.2) is 0 Å². The maximum absolute atomic E-state index is 5.99. The van der Waals surface area contributed by atoms with Crippen LogP contribution in [-0.4, -0.2) is 23.2 Å². The minimum atomic E-state index is 0. The third kappa shape index (κ3) is 4.42. The minimum absolute atomic E-state index is 0. The van der Waals surface area contributed by atoms with Crippen molar-refractivity contribution in [3.8, 4) is 17.1 Å². The predicted octanol–water partition coefficient (Wildman–Crippen LogP) is 3.89. The van der Waals surface area contributed by atoms with Gasteiger partial charge in [0.15, 0.2) is 0 Å². The summed E-state index contributed by atoms with van der Waals surface area (Å²) in [6.07, 6.45) is 1.99. The average Bonchev–Trinajstić information content (AvgIpc) is 3.34. The number of nitrogens with one attached hydrogen (secondary N) is 1. The molecule has 5 nitrogen and oxygen atoms in total. The smallest absolute Gasteiger partial charge is 0.227 e. The fraction of sp³-hybridized carbons (Fsp3) is 0.300. The Morgan fingerprint density at radius 3 is 2.69 bits per heavy atom. The van der Waals surface area contributed by atoms with Crippen molar-refractivity contribution in [1.82, 2.24) is 15.5 Å². The van der Waals surface area contributed by atoms with Crippen LogP contribution in [-0.2, 0) is 13.0 Å². The van der Waals surface area contributed by atoms with Crippen LogP contribution in [0.3, 0.4) is 0 Å². The highest BCUT2D eigenvalue weighted by Gasteiger charge is 2.19. The number of ether oxygens (including phenoxy) is 1. The molecule has 4 rings (SSSR count). The summed E-state index contributed by atoms with van der Waals surface area (Å²) in [4.78, 5) is 4.57. The molecule has 1 atom stereocenters. The number of hydrogen-bond donors (Lipinski definition) is 1. The number of halogens is 1. The predicted molar refractivity (Wildman–Crippen MR) is 102 cm³/mol. The zero-order valence-corrected chi connectivity index (χ0v) is 15.2. The molecule has 1 fully saturated rings. The second-order valence-corrected chi connectivity index (χ2v) is 6.35. The van der Waals surface area contributed by atoms with Gasteiger partial charge in [0.2, 0.25) is 11.7 Å². The zero-order valence-electron chi connectivity index (χ0n) is 14.4. The van der Waals surface area contributed by atoms with E-state index in [0.29, 0.717) is 24.2 Å². The van der Waals surface area contributed by atoms with E-state index in [1.807, 2.05) is 54.6 Å². The van der Waals surface area contributed by atoms with Crippen molar-refractivity contribution in [2.75, 3.05) is 13.1 Å². The van der Waals surface area contributed by atoms with Crippen LogP contribution in [0.25, 0.3) is 11.4 Å². The molecule has 3 aromatic rings. The highest BCUT2D eigenvalue weighted by molar-refractivity contribution is 5.85. The van der Waals surface area contributed by atoms with Crippen LogP contribution in [0.15, 0.2) is 59.1 Å². The van der Waals surface area contributed by atoms with E-state index in [1.165, 1.54) is 0 Å². The molecule has 6 heteroatoms. The summed E-state index contributed by atoms with van der Waals surface area (Å²) in [6, 6.07) is 17.9. The third-order valence-corrected chi connectivity index (χ3v) is 4.46. The molecule has 0 spiro atoms. The van der Waals surface area contributed by atoms with Gasteiger partial charge in [0, 0.05) is 6.42 Å². The minimum Gasteiger partial charge on any atom is -0.488 e. The van der Waals surface area contributed by atoms with Crippen molar-refractivity contribution in [1.29, 1.82) is 0 Å². The van der Waals surface area contributed by atoms with Crippen molar-refractivity contribution >= 4 is 12.4 Å². The van der Waals surface area contributed by atoms with Gasteiger partial charge in [-0.2, -0.15) is 4.98 Å². The normalized spacial score (nSPS) is 16.2. The molecule has 0 radical (unpaired) electrons. The van der Waals surface area contributed by atoms with Crippen molar-refractivity contribution in [3.05, 3.63) is 66.1 Å². The molecule has 1 aliphatic rings. The second kappa shape index (κ2) is 8.83. The maximum Gasteiger partial charge on any atom is 0.227 e. The Kier molecular flexibility index (Phi) is 6.26. The summed E-state index contributed by atoms with van der Waals surface area (Å²) >= 11 is 0. The summed E-state index contributed by atoms with van der Waals surface area (Å²) in [5.41, 5.74) is 1.98. The van der Waals surface area contributed by atoms with Crippen LogP contribution in [0.5, 0.6) is 5.75 Å². The monoisotopic (exact) mass is 371 g/mol. The molecular formula is C20H22ClN3O2. The van der Waals surface area contributed by atoms with Crippen molar-refractivity contribution in [3.63, 3.8) is 0 Å². The molecule has 0 bridgehead atoms. The number of para-hydroxylation sites is 1. The topological polar surface area (TPSA) is 60.2 Å². The Hall–Kier alpha value is -2.37. The molecule has 136 valence electrons. The summed E-state index contributed by atoms with van der Waals surface area (Å²) in [7, 11) is 0. The lowest BCUT2D eigenvalue weighted by Gasteiger charge is -2.09. The lowest BCUT2D eigenvalue weighted by molar-refractivity contribution is 0.307. The molecule has 1 unspecified atom stereocenters. The van der Waals surface area contributed by atoms with Crippen LogP contribution >= 0.6 is 12.4 Å². The fourth-order valence-corrected chi connectivity index (χ4v) is 3.10. The summed E-state index contributed by atoms with van der Waals surface area (Å²) in [6.45, 7) is 2.60. The first-order valence-corrected chi connectivity index (χ1v) is 8.68. The van der Waals surface area contributed by atoms with Gasteiger partial charge in [0.1, 0.15) is 12.4 Å². The number of aromatic nitrogens is 2. The third-order valence-electron chi connectivity index (χ3n) is 4.46. The summed E-state index contributed by atoms with van der Waals surface area (Å²) < 4.78 is 11.4. The van der Waals surface area contributed by atoms with Gasteiger partial charge in [0.05, 0.1) is 5.56 Å². The Morgan fingerprint density at radius 1 is 1.08 bits per heavy atom. The lowest BCUT2D eigenvalue weighted by Crippen LogP contribution is -2.10. The van der Waals surface area contributed by atoms with E-state index in [0.717, 1.165) is 42.8 Å². The molecule has 1 N–H and O–H groups in total. The van der Waals surface area contributed by atoms with E-state index < -0.39 is 0 Å². The van der Waals surface area contributed by atoms with Crippen LogP contribution in [0.2, 0.25) is 0 Å². The molecule has 1 saturated heterocycles. The van der Waals surface area contributed by atoms with Crippen molar-refractivity contribution < 1.29 is 9.26 Å². The highest BCUT2D eigenvalue weighted by Crippen LogP contribution is 2.28. The first kappa shape index (κ1) is 18.4. The molecule has 0 amide bonds. The fourth-order valence-electron chi connectivity index (χ4n) is 3.10. The number of benzene rings is 2. The molecule has 1 aliphatic heterocycles. The largest absolute Gasteiger partial charge is 0.488 e. The van der Waals surface area contributed by atoms with Gasteiger partial charge in [0.25, 0.3) is 0 Å². The number of rotatable bonds is 6. The first-order valence-electron chi connectivity index (χ1n) is 8.68. The summed E-state index contributed by atoms with van der Waals surface area (Å²) in [5.74, 6) is 2.63. The van der Waals surface area contributed by atoms with Gasteiger partial charge in [-0.3, -0.25) is 0 Å². The standard InChI is InChI=1S/C20H21N3O2.ClH/c1-2-6-15(7-3-1)14-24-18-9-5-4-8-17(18)20-22-19(25-23-20)12-16-10-11-21-13-16;/h1-9,16,21H,10-14H2;1H. The van der Waals surface area contributed by atoms with E-state index in [4.69, 9.17) is 9.26 Å². The molecular weight excluding hydrogens is 350 g/mol. The molecule has 2 aromatic carbocycles. The Labute approximate surface area is 159 Å². The molecule has 0 saturated carbocycles. The molecule has 0 aliphatic carbocycles. The SMILES string of the molecule is Cl.c1ccc(COc2ccccc2-c2noc(CC3CCNC3)n2)cc1. The van der Waals surface area contributed by atoms with Gasteiger partial charge in [-0.05, 0) is 43.1 Å². The van der Waals surface area contributed by atoms with E-state index in [9.17, 15) is 0 Å². The van der Waals surface area contributed by atoms with Gasteiger partial charge >= 0.3 is 0 Å². The Bertz CT molecular complexity index is 817. The molecule has 1 aromatic heterocycles. The Balaban J connectivity index is 0.00000196. The van der Waals surface area contributed by atoms with E-state index in [-0.39, 0.29) is 12.4 Å². The van der Waals surface area contributed by atoms with Crippen LogP contribution in [0, 0.1) is 5.92 Å². The second-order valence-electron chi connectivity index (χ2n) is 6.35. The zero-order chi connectivity index (χ0) is 16.9. The quantitative estimate of drug-likeness (QED) is 0.712. The maximum atomic E-state index is 5.99. The average molecular weight is 372 g/mol. The highest BCUT2D eigenvalue weighted by atomic mass is 35.5. The first-order chi connectivity index (χ1) is 12.4. The number of hydrogen-bond acceptors (Lipinski definition) is 5. The van der Waals surface area contributed by atoms with Crippen LogP contribution in [0.1, 0.15) is 17.9 Å². The van der Waals surface area contributed by atoms with Gasteiger partial charge in [-0.1, -0.05) is 47.6 Å².